The van der Waals surface area contributed by atoms with E-state index >= 15 is 0 Å². The fraction of sp³-hybridized carbons (Fsp3) is 0.167. The van der Waals surface area contributed by atoms with E-state index in [-0.39, 0.29) is 28.6 Å². The molecule has 0 radical (unpaired) electrons. The minimum absolute atomic E-state index is 0.000802. The topological polar surface area (TPSA) is 110 Å². The van der Waals surface area contributed by atoms with Crippen LogP contribution in [0.1, 0.15) is 39.0 Å². The summed E-state index contributed by atoms with van der Waals surface area (Å²) >= 11 is 0. The molecular formula is C18H17N5O3. The predicted octanol–water partition coefficient (Wildman–Crippen LogP) is 2.19. The number of tetrazole rings is 1. The Morgan fingerprint density at radius 2 is 1.92 bits per heavy atom. The SMILES string of the molecule is CC(=O)c1cc(C)cc(NC(=O)c2nnnn2Cc2ccccc2)c1O. The average molecular weight is 351 g/mol. The average Bonchev–Trinajstić information content (AvgIpc) is 3.06. The van der Waals surface area contributed by atoms with Crippen LogP contribution in [0.5, 0.6) is 5.75 Å². The van der Waals surface area contributed by atoms with Gasteiger partial charge in [-0.25, -0.2) is 4.68 Å². The van der Waals surface area contributed by atoms with E-state index in [1.807, 2.05) is 30.3 Å². The Labute approximate surface area is 149 Å². The number of ketones is 1. The molecule has 0 aliphatic rings. The van der Waals surface area contributed by atoms with E-state index in [0.717, 1.165) is 11.1 Å². The Hall–Kier alpha value is -3.55. The number of hydrogen-bond donors (Lipinski definition) is 2. The van der Waals surface area contributed by atoms with Gasteiger partial charge in [0.15, 0.2) is 5.78 Å². The van der Waals surface area contributed by atoms with E-state index in [4.69, 9.17) is 0 Å². The number of aromatic nitrogens is 4. The summed E-state index contributed by atoms with van der Waals surface area (Å²) in [5, 5.41) is 24.0. The van der Waals surface area contributed by atoms with Crippen molar-refractivity contribution in [3.05, 3.63) is 65.0 Å². The number of carbonyl (C=O) groups excluding carboxylic acids is 2. The molecule has 0 fully saturated rings. The van der Waals surface area contributed by atoms with Crippen LogP contribution in [0.4, 0.5) is 5.69 Å². The van der Waals surface area contributed by atoms with Gasteiger partial charge in [0.25, 0.3) is 5.91 Å². The number of phenolic OH excluding ortho intramolecular Hbond substituents is 1. The van der Waals surface area contributed by atoms with E-state index in [2.05, 4.69) is 20.8 Å². The standard InChI is InChI=1S/C18H17N5O3/c1-11-8-14(12(2)24)16(25)15(9-11)19-18(26)17-20-21-22-23(17)10-13-6-4-3-5-7-13/h3-9,25H,10H2,1-2H3,(H,19,26). The second-order valence-corrected chi connectivity index (χ2v) is 5.86. The molecule has 0 saturated heterocycles. The summed E-state index contributed by atoms with van der Waals surface area (Å²) in [4.78, 5) is 24.2. The molecule has 0 aliphatic heterocycles. The van der Waals surface area contributed by atoms with Gasteiger partial charge in [0.1, 0.15) is 5.75 Å². The van der Waals surface area contributed by atoms with Crippen molar-refractivity contribution in [2.45, 2.75) is 20.4 Å². The van der Waals surface area contributed by atoms with Crippen molar-refractivity contribution in [2.75, 3.05) is 5.32 Å². The number of benzene rings is 2. The summed E-state index contributed by atoms with van der Waals surface area (Å²) < 4.78 is 1.36. The number of nitrogens with one attached hydrogen (secondary N) is 1. The number of aromatic hydroxyl groups is 1. The zero-order valence-corrected chi connectivity index (χ0v) is 14.3. The number of phenols is 1. The third-order valence-electron chi connectivity index (χ3n) is 3.79. The number of nitrogens with zero attached hydrogens (tertiary/aromatic N) is 4. The molecule has 26 heavy (non-hydrogen) atoms. The first-order valence-corrected chi connectivity index (χ1v) is 7.91. The van der Waals surface area contributed by atoms with Crippen LogP contribution < -0.4 is 5.32 Å². The van der Waals surface area contributed by atoms with Crippen molar-refractivity contribution in [2.24, 2.45) is 0 Å². The lowest BCUT2D eigenvalue weighted by atomic mass is 10.1. The van der Waals surface area contributed by atoms with Crippen LogP contribution in [0.2, 0.25) is 0 Å². The first-order chi connectivity index (χ1) is 12.5. The van der Waals surface area contributed by atoms with Crippen molar-refractivity contribution >= 4 is 17.4 Å². The van der Waals surface area contributed by atoms with Crippen LogP contribution >= 0.6 is 0 Å². The molecule has 2 N–H and O–H groups in total. The molecule has 0 atom stereocenters. The number of aryl methyl sites for hydroxylation is 1. The molecule has 0 spiro atoms. The number of hydrogen-bond acceptors (Lipinski definition) is 6. The lowest BCUT2D eigenvalue weighted by Crippen LogP contribution is -2.20. The molecule has 2 aromatic carbocycles. The maximum absolute atomic E-state index is 12.6. The van der Waals surface area contributed by atoms with Gasteiger partial charge < -0.3 is 10.4 Å². The van der Waals surface area contributed by atoms with Gasteiger partial charge in [-0.1, -0.05) is 30.3 Å². The quantitative estimate of drug-likeness (QED) is 0.538. The van der Waals surface area contributed by atoms with Crippen LogP contribution in [0.25, 0.3) is 0 Å². The van der Waals surface area contributed by atoms with Gasteiger partial charge in [0.05, 0.1) is 17.8 Å². The Morgan fingerprint density at radius 3 is 2.62 bits per heavy atom. The van der Waals surface area contributed by atoms with Crippen LogP contribution in [-0.2, 0) is 6.54 Å². The monoisotopic (exact) mass is 351 g/mol. The fourth-order valence-electron chi connectivity index (χ4n) is 2.55. The first kappa shape index (κ1) is 17.3. The van der Waals surface area contributed by atoms with Crippen LogP contribution in [0.3, 0.4) is 0 Å². The maximum Gasteiger partial charge on any atom is 0.295 e. The highest BCUT2D eigenvalue weighted by atomic mass is 16.3. The minimum atomic E-state index is -0.582. The number of carbonyl (C=O) groups is 2. The maximum atomic E-state index is 12.6. The second-order valence-electron chi connectivity index (χ2n) is 5.86. The van der Waals surface area contributed by atoms with Gasteiger partial charge in [0.2, 0.25) is 5.82 Å². The normalized spacial score (nSPS) is 10.5. The highest BCUT2D eigenvalue weighted by molar-refractivity contribution is 6.05. The summed E-state index contributed by atoms with van der Waals surface area (Å²) in [5.74, 6) is -1.16. The largest absolute Gasteiger partial charge is 0.505 e. The van der Waals surface area contributed by atoms with Gasteiger partial charge in [-0.2, -0.15) is 0 Å². The lowest BCUT2D eigenvalue weighted by molar-refractivity contribution is 0.0997. The molecule has 3 aromatic rings. The molecule has 0 aliphatic carbocycles. The summed E-state index contributed by atoms with van der Waals surface area (Å²) in [6.45, 7) is 3.44. The second kappa shape index (κ2) is 7.14. The van der Waals surface area contributed by atoms with Crippen LogP contribution in [0.15, 0.2) is 42.5 Å². The Morgan fingerprint density at radius 1 is 1.19 bits per heavy atom. The van der Waals surface area contributed by atoms with Gasteiger partial charge in [-0.15, -0.1) is 5.10 Å². The minimum Gasteiger partial charge on any atom is -0.505 e. The Kier molecular flexibility index (Phi) is 4.74. The first-order valence-electron chi connectivity index (χ1n) is 7.91. The third kappa shape index (κ3) is 3.59. The van der Waals surface area contributed by atoms with E-state index in [1.54, 1.807) is 19.1 Å². The molecule has 3 rings (SSSR count). The van der Waals surface area contributed by atoms with E-state index in [9.17, 15) is 14.7 Å². The zero-order chi connectivity index (χ0) is 18.7. The lowest BCUT2D eigenvalue weighted by Gasteiger charge is -2.11. The van der Waals surface area contributed by atoms with Gasteiger partial charge in [0, 0.05) is 0 Å². The zero-order valence-electron chi connectivity index (χ0n) is 14.3. The molecule has 0 unspecified atom stereocenters. The summed E-state index contributed by atoms with van der Waals surface area (Å²) in [6.07, 6.45) is 0. The summed E-state index contributed by atoms with van der Waals surface area (Å²) in [6, 6.07) is 12.6. The smallest absolute Gasteiger partial charge is 0.295 e. The fourth-order valence-corrected chi connectivity index (χ4v) is 2.55. The van der Waals surface area contributed by atoms with Crippen molar-refractivity contribution in [1.29, 1.82) is 0 Å². The number of rotatable bonds is 5. The van der Waals surface area contributed by atoms with Gasteiger partial charge >= 0.3 is 0 Å². The van der Waals surface area contributed by atoms with E-state index < -0.39 is 5.91 Å². The molecule has 1 amide bonds. The molecular weight excluding hydrogens is 334 g/mol. The summed E-state index contributed by atoms with van der Waals surface area (Å²) in [5.41, 5.74) is 1.94. The number of anilines is 1. The third-order valence-corrected chi connectivity index (χ3v) is 3.79. The van der Waals surface area contributed by atoms with E-state index in [0.29, 0.717) is 6.54 Å². The molecule has 0 saturated carbocycles. The van der Waals surface area contributed by atoms with Crippen molar-refractivity contribution in [3.63, 3.8) is 0 Å². The Bertz CT molecular complexity index is 966. The van der Waals surface area contributed by atoms with Crippen LogP contribution in [-0.4, -0.2) is 37.0 Å². The molecule has 0 bridgehead atoms. The van der Waals surface area contributed by atoms with Crippen molar-refractivity contribution in [3.8, 4) is 5.75 Å². The van der Waals surface area contributed by atoms with E-state index in [1.165, 1.54) is 11.6 Å². The highest BCUT2D eigenvalue weighted by Crippen LogP contribution is 2.30. The van der Waals surface area contributed by atoms with Crippen molar-refractivity contribution in [1.82, 2.24) is 20.2 Å². The Balaban J connectivity index is 1.86. The van der Waals surface area contributed by atoms with Gasteiger partial charge in [-0.05, 0) is 47.5 Å². The number of Topliss-reactive ketones (excluding diaryl/α,β-unsaturated/α-hetero) is 1. The highest BCUT2D eigenvalue weighted by Gasteiger charge is 2.19. The predicted molar refractivity (Wildman–Crippen MR) is 94.2 cm³/mol. The molecule has 1 aromatic heterocycles. The summed E-state index contributed by atoms with van der Waals surface area (Å²) in [7, 11) is 0. The van der Waals surface area contributed by atoms with Gasteiger partial charge in [-0.3, -0.25) is 9.59 Å². The molecule has 8 heteroatoms. The molecule has 132 valence electrons. The molecule has 1 heterocycles. The molecule has 8 nitrogen and oxygen atoms in total. The van der Waals surface area contributed by atoms with Crippen molar-refractivity contribution < 1.29 is 14.7 Å². The van der Waals surface area contributed by atoms with Crippen LogP contribution in [0, 0.1) is 6.92 Å². The number of amides is 1.